The Bertz CT molecular complexity index is 1370. The van der Waals surface area contributed by atoms with Crippen LogP contribution in [0.3, 0.4) is 0 Å². The average molecular weight is 482 g/mol. The van der Waals surface area contributed by atoms with Crippen molar-refractivity contribution >= 4 is 39.9 Å². The van der Waals surface area contributed by atoms with Crippen LogP contribution in [0.2, 0.25) is 0 Å². The molecule has 174 valence electrons. The lowest BCUT2D eigenvalue weighted by atomic mass is 9.63. The number of aryl methyl sites for hydroxylation is 1. The maximum Gasteiger partial charge on any atom is 0.257 e. The molecule has 3 amide bonds. The van der Waals surface area contributed by atoms with E-state index in [0.717, 1.165) is 17.7 Å². The first kappa shape index (κ1) is 20.8. The van der Waals surface area contributed by atoms with Crippen LogP contribution in [-0.2, 0) is 9.59 Å². The molecular weight excluding hydrogens is 458 g/mol. The number of nitrogens with zero attached hydrogens (tertiary/aromatic N) is 2. The molecule has 6 nitrogen and oxygen atoms in total. The number of nitrogens with one attached hydrogen (secondary N) is 1. The van der Waals surface area contributed by atoms with Crippen LogP contribution in [0.15, 0.2) is 66.1 Å². The molecule has 1 aromatic heterocycles. The molecular formula is C28H23N3O3S. The number of thiazole rings is 1. The molecule has 0 spiro atoms. The smallest absolute Gasteiger partial charge is 0.257 e. The number of hydrogen-bond donors (Lipinski definition) is 1. The number of rotatable bonds is 4. The van der Waals surface area contributed by atoms with E-state index < -0.39 is 0 Å². The standard InChI is InChI=1S/C28H23N3O3S/c1-14-2-4-15(5-3-14)22-13-35-28(29-22)30-25(32)16-6-8-17(9-7-16)31-26(33)23-18-10-11-19(21-12-20(18)21)24(23)27(31)34/h2-11,13,18-21,23-24H,12H2,1H3,(H,29,30,32). The fraction of sp³-hybridized carbons (Fsp3) is 0.286. The van der Waals surface area contributed by atoms with Gasteiger partial charge in [-0.15, -0.1) is 11.3 Å². The van der Waals surface area contributed by atoms with Crippen molar-refractivity contribution in [1.29, 1.82) is 0 Å². The van der Waals surface area contributed by atoms with Crippen molar-refractivity contribution in [2.75, 3.05) is 10.2 Å². The van der Waals surface area contributed by atoms with Crippen molar-refractivity contribution in [2.45, 2.75) is 13.3 Å². The van der Waals surface area contributed by atoms with Gasteiger partial charge in [-0.2, -0.15) is 0 Å². The highest BCUT2D eigenvalue weighted by Crippen LogP contribution is 2.65. The molecule has 2 aromatic carbocycles. The first-order valence-electron chi connectivity index (χ1n) is 12.0. The van der Waals surface area contributed by atoms with Gasteiger partial charge in [0.1, 0.15) is 0 Å². The van der Waals surface area contributed by atoms with Crippen LogP contribution >= 0.6 is 11.3 Å². The summed E-state index contributed by atoms with van der Waals surface area (Å²) in [5.41, 5.74) is 3.97. The number of allylic oxidation sites excluding steroid dienone is 2. The largest absolute Gasteiger partial charge is 0.298 e. The number of carbonyl (C=O) groups is 3. The topological polar surface area (TPSA) is 79.4 Å². The lowest BCUT2D eigenvalue weighted by Crippen LogP contribution is -2.40. The number of imide groups is 1. The Balaban J connectivity index is 1.07. The zero-order chi connectivity index (χ0) is 23.8. The van der Waals surface area contributed by atoms with Crippen LogP contribution in [0.25, 0.3) is 11.3 Å². The van der Waals surface area contributed by atoms with Gasteiger partial charge in [0.25, 0.3) is 5.91 Å². The van der Waals surface area contributed by atoms with E-state index in [1.165, 1.54) is 21.8 Å². The van der Waals surface area contributed by atoms with Crippen molar-refractivity contribution in [1.82, 2.24) is 4.98 Å². The van der Waals surface area contributed by atoms with Crippen molar-refractivity contribution in [2.24, 2.45) is 35.5 Å². The third-order valence-corrected chi connectivity index (χ3v) is 8.88. The minimum absolute atomic E-state index is 0.0895. The summed E-state index contributed by atoms with van der Waals surface area (Å²) in [5.74, 6) is 0.638. The Kier molecular flexibility index (Phi) is 4.42. The van der Waals surface area contributed by atoms with Gasteiger partial charge in [-0.25, -0.2) is 4.98 Å². The summed E-state index contributed by atoms with van der Waals surface area (Å²) in [6.07, 6.45) is 5.49. The van der Waals surface area contributed by atoms with E-state index in [1.54, 1.807) is 24.3 Å². The van der Waals surface area contributed by atoms with Crippen LogP contribution in [0.1, 0.15) is 22.3 Å². The van der Waals surface area contributed by atoms with Gasteiger partial charge in [0.2, 0.25) is 11.8 Å². The fourth-order valence-electron chi connectivity index (χ4n) is 6.33. The summed E-state index contributed by atoms with van der Waals surface area (Å²) in [7, 11) is 0. The van der Waals surface area contributed by atoms with Gasteiger partial charge in [0.15, 0.2) is 5.13 Å². The average Bonchev–Trinajstić information content (AvgIpc) is 3.51. The summed E-state index contributed by atoms with van der Waals surface area (Å²) in [4.78, 5) is 45.3. The van der Waals surface area contributed by atoms with E-state index in [0.29, 0.717) is 28.2 Å². The number of anilines is 2. The zero-order valence-electron chi connectivity index (χ0n) is 19.0. The molecule has 6 unspecified atom stereocenters. The van der Waals surface area contributed by atoms with Crippen LogP contribution < -0.4 is 10.2 Å². The summed E-state index contributed by atoms with van der Waals surface area (Å²) in [6.45, 7) is 2.04. The van der Waals surface area contributed by atoms with Crippen LogP contribution in [-0.4, -0.2) is 22.7 Å². The van der Waals surface area contributed by atoms with Gasteiger partial charge < -0.3 is 0 Å². The zero-order valence-corrected chi connectivity index (χ0v) is 19.9. The Labute approximate surface area is 206 Å². The Hall–Kier alpha value is -3.58. The van der Waals surface area contributed by atoms with Crippen molar-refractivity contribution in [3.8, 4) is 11.3 Å². The fourth-order valence-corrected chi connectivity index (χ4v) is 7.05. The molecule has 4 aliphatic carbocycles. The minimum Gasteiger partial charge on any atom is -0.298 e. The maximum atomic E-state index is 13.3. The minimum atomic E-state index is -0.281. The molecule has 35 heavy (non-hydrogen) atoms. The SMILES string of the molecule is Cc1ccc(-c2csc(NC(=O)c3ccc(N4C(=O)C5C6C=CC(C7CC67)C5C4=O)cc3)n2)cc1. The molecule has 2 saturated carbocycles. The lowest BCUT2D eigenvalue weighted by Gasteiger charge is -2.37. The van der Waals surface area contributed by atoms with E-state index in [-0.39, 0.29) is 41.4 Å². The van der Waals surface area contributed by atoms with Gasteiger partial charge in [-0.05, 0) is 61.3 Å². The molecule has 0 radical (unpaired) electrons. The van der Waals surface area contributed by atoms with Crippen molar-refractivity contribution < 1.29 is 14.4 Å². The second-order valence-corrected chi connectivity index (χ2v) is 10.9. The Morgan fingerprint density at radius 3 is 2.20 bits per heavy atom. The van der Waals surface area contributed by atoms with Gasteiger partial charge in [-0.3, -0.25) is 24.6 Å². The highest BCUT2D eigenvalue weighted by molar-refractivity contribution is 7.14. The molecule has 8 rings (SSSR count). The van der Waals surface area contributed by atoms with E-state index >= 15 is 0 Å². The normalized spacial score (nSPS) is 29.8. The molecule has 5 aliphatic rings. The van der Waals surface area contributed by atoms with Gasteiger partial charge in [-0.1, -0.05) is 42.0 Å². The third kappa shape index (κ3) is 3.14. The second-order valence-electron chi connectivity index (χ2n) is 10.1. The number of carbonyl (C=O) groups excluding carboxylic acids is 3. The summed E-state index contributed by atoms with van der Waals surface area (Å²) in [6, 6.07) is 14.8. The molecule has 3 fully saturated rings. The molecule has 3 aromatic rings. The van der Waals surface area contributed by atoms with Crippen molar-refractivity contribution in [3.63, 3.8) is 0 Å². The van der Waals surface area contributed by atoms with Gasteiger partial charge in [0, 0.05) is 16.5 Å². The van der Waals surface area contributed by atoms with E-state index in [2.05, 4.69) is 22.5 Å². The number of benzene rings is 2. The maximum absolute atomic E-state index is 13.3. The number of amides is 3. The van der Waals surface area contributed by atoms with Crippen molar-refractivity contribution in [3.05, 3.63) is 77.2 Å². The number of aromatic nitrogens is 1. The summed E-state index contributed by atoms with van der Waals surface area (Å²) in [5, 5.41) is 5.28. The Morgan fingerprint density at radius 1 is 0.943 bits per heavy atom. The first-order chi connectivity index (χ1) is 17.0. The molecule has 7 heteroatoms. The molecule has 2 heterocycles. The molecule has 2 bridgehead atoms. The molecule has 1 N–H and O–H groups in total. The monoisotopic (exact) mass is 481 g/mol. The molecule has 1 saturated heterocycles. The third-order valence-electron chi connectivity index (χ3n) is 8.12. The Morgan fingerprint density at radius 2 is 1.57 bits per heavy atom. The summed E-state index contributed by atoms with van der Waals surface area (Å²) < 4.78 is 0. The van der Waals surface area contributed by atoms with E-state index in [9.17, 15) is 14.4 Å². The lowest BCUT2D eigenvalue weighted by molar-refractivity contribution is -0.124. The van der Waals surface area contributed by atoms with Crippen LogP contribution in [0.5, 0.6) is 0 Å². The predicted octanol–water partition coefficient (Wildman–Crippen LogP) is 4.93. The summed E-state index contributed by atoms with van der Waals surface area (Å²) >= 11 is 1.37. The van der Waals surface area contributed by atoms with E-state index in [1.807, 2.05) is 36.6 Å². The molecule has 1 aliphatic heterocycles. The van der Waals surface area contributed by atoms with E-state index in [4.69, 9.17) is 0 Å². The first-order valence-corrected chi connectivity index (χ1v) is 12.9. The van der Waals surface area contributed by atoms with Gasteiger partial charge in [0.05, 0.1) is 23.2 Å². The van der Waals surface area contributed by atoms with Crippen LogP contribution in [0.4, 0.5) is 10.8 Å². The quantitative estimate of drug-likeness (QED) is 0.423. The molecule has 6 atom stereocenters. The van der Waals surface area contributed by atoms with Crippen LogP contribution in [0, 0.1) is 42.4 Å². The highest BCUT2D eigenvalue weighted by atomic mass is 32.1. The predicted molar refractivity (Wildman–Crippen MR) is 134 cm³/mol. The number of hydrogen-bond acceptors (Lipinski definition) is 5. The second kappa shape index (κ2) is 7.46. The highest BCUT2D eigenvalue weighted by Gasteiger charge is 2.67. The van der Waals surface area contributed by atoms with Gasteiger partial charge >= 0.3 is 0 Å².